The van der Waals surface area contributed by atoms with Gasteiger partial charge in [0.1, 0.15) is 0 Å². The van der Waals surface area contributed by atoms with Crippen LogP contribution >= 0.6 is 11.8 Å². The third-order valence-electron chi connectivity index (χ3n) is 5.24. The van der Waals surface area contributed by atoms with E-state index in [2.05, 4.69) is 37.9 Å². The highest BCUT2D eigenvalue weighted by Crippen LogP contribution is 2.23. The Bertz CT molecular complexity index is 979. The summed E-state index contributed by atoms with van der Waals surface area (Å²) in [5.41, 5.74) is 4.01. The molecule has 1 aliphatic heterocycles. The van der Waals surface area contributed by atoms with E-state index >= 15 is 0 Å². The molecule has 1 aromatic heterocycles. The van der Waals surface area contributed by atoms with Gasteiger partial charge in [-0.05, 0) is 66.1 Å². The van der Waals surface area contributed by atoms with Gasteiger partial charge in [-0.3, -0.25) is 4.79 Å². The number of nitrogens with zero attached hydrogens (tertiary/aromatic N) is 5. The summed E-state index contributed by atoms with van der Waals surface area (Å²) in [7, 11) is 0. The number of carbonyl (C=O) groups is 1. The number of carbonyl (C=O) groups excluding carboxylic acids is 1. The highest BCUT2D eigenvalue weighted by atomic mass is 32.2. The van der Waals surface area contributed by atoms with E-state index in [1.165, 1.54) is 43.1 Å². The monoisotopic (exact) mass is 422 g/mol. The van der Waals surface area contributed by atoms with Gasteiger partial charge in [-0.1, -0.05) is 42.8 Å². The molecule has 0 bridgehead atoms. The average Bonchev–Trinajstić information content (AvgIpc) is 3.05. The van der Waals surface area contributed by atoms with Gasteiger partial charge in [0.2, 0.25) is 11.1 Å². The van der Waals surface area contributed by atoms with Crippen molar-refractivity contribution in [3.05, 3.63) is 54.1 Å². The van der Waals surface area contributed by atoms with Gasteiger partial charge in [-0.2, -0.15) is 4.68 Å². The molecule has 156 valence electrons. The number of nitrogens with one attached hydrogen (secondary N) is 1. The number of anilines is 2. The number of hydrogen-bond acceptors (Lipinski definition) is 6. The molecule has 1 fully saturated rings. The zero-order chi connectivity index (χ0) is 20.8. The summed E-state index contributed by atoms with van der Waals surface area (Å²) in [6.07, 6.45) is 5.13. The van der Waals surface area contributed by atoms with E-state index in [4.69, 9.17) is 0 Å². The maximum atomic E-state index is 12.4. The highest BCUT2D eigenvalue weighted by molar-refractivity contribution is 7.99. The largest absolute Gasteiger partial charge is 0.372 e. The first-order chi connectivity index (χ1) is 14.7. The first-order valence-electron chi connectivity index (χ1n) is 10.3. The number of para-hydroxylation sites is 1. The van der Waals surface area contributed by atoms with E-state index in [0.717, 1.165) is 30.0 Å². The number of aryl methyl sites for hydroxylation is 1. The molecule has 3 aromatic rings. The number of rotatable bonds is 6. The molecule has 4 rings (SSSR count). The Labute approximate surface area is 180 Å². The zero-order valence-corrected chi connectivity index (χ0v) is 17.9. The van der Waals surface area contributed by atoms with Crippen molar-refractivity contribution in [1.29, 1.82) is 0 Å². The van der Waals surface area contributed by atoms with Crippen molar-refractivity contribution in [1.82, 2.24) is 20.2 Å². The van der Waals surface area contributed by atoms with Crippen molar-refractivity contribution in [3.63, 3.8) is 0 Å². The molecule has 0 unspecified atom stereocenters. The van der Waals surface area contributed by atoms with Gasteiger partial charge in [0.25, 0.3) is 0 Å². The Hall–Kier alpha value is -2.87. The van der Waals surface area contributed by atoms with E-state index in [1.54, 1.807) is 4.68 Å². The lowest BCUT2D eigenvalue weighted by Gasteiger charge is -2.22. The molecule has 1 amide bonds. The summed E-state index contributed by atoms with van der Waals surface area (Å²) >= 11 is 1.32. The number of aromatic nitrogens is 4. The molecule has 1 aliphatic rings. The second kappa shape index (κ2) is 9.75. The lowest BCUT2D eigenvalue weighted by molar-refractivity contribution is -0.113. The Morgan fingerprint density at radius 1 is 1.03 bits per heavy atom. The fourth-order valence-electron chi connectivity index (χ4n) is 3.63. The third kappa shape index (κ3) is 4.99. The molecule has 1 N–H and O–H groups in total. The van der Waals surface area contributed by atoms with Crippen LogP contribution < -0.4 is 10.2 Å². The first-order valence-corrected chi connectivity index (χ1v) is 11.3. The second-order valence-electron chi connectivity index (χ2n) is 7.44. The third-order valence-corrected chi connectivity index (χ3v) is 6.16. The molecule has 0 atom stereocenters. The first kappa shape index (κ1) is 20.4. The minimum Gasteiger partial charge on any atom is -0.372 e. The highest BCUT2D eigenvalue weighted by Gasteiger charge is 2.14. The van der Waals surface area contributed by atoms with Gasteiger partial charge in [-0.25, -0.2) is 0 Å². The van der Waals surface area contributed by atoms with Crippen LogP contribution in [0, 0.1) is 6.92 Å². The molecule has 30 heavy (non-hydrogen) atoms. The predicted molar refractivity (Wildman–Crippen MR) is 120 cm³/mol. The summed E-state index contributed by atoms with van der Waals surface area (Å²) < 4.78 is 1.67. The fraction of sp³-hybridized carbons (Fsp3) is 0.364. The summed E-state index contributed by atoms with van der Waals surface area (Å²) in [6.45, 7) is 4.23. The summed E-state index contributed by atoms with van der Waals surface area (Å²) in [5.74, 6) is 0.155. The SMILES string of the molecule is Cc1ccccc1-n1nnnc1SCC(=O)Nc1ccc(N2CCCCCC2)cc1. The summed E-state index contributed by atoms with van der Waals surface area (Å²) in [6, 6.07) is 16.0. The fourth-order valence-corrected chi connectivity index (χ4v) is 4.32. The Morgan fingerprint density at radius 2 is 1.77 bits per heavy atom. The van der Waals surface area contributed by atoms with Crippen LogP contribution in [-0.4, -0.2) is 45.0 Å². The Morgan fingerprint density at radius 3 is 2.50 bits per heavy atom. The predicted octanol–water partition coefficient (Wildman–Crippen LogP) is 4.08. The Kier molecular flexibility index (Phi) is 6.63. The van der Waals surface area contributed by atoms with Gasteiger partial charge in [-0.15, -0.1) is 5.10 Å². The summed E-state index contributed by atoms with van der Waals surface area (Å²) in [5, 5.41) is 15.5. The van der Waals surface area contributed by atoms with Crippen LogP contribution in [0.5, 0.6) is 0 Å². The number of hydrogen-bond donors (Lipinski definition) is 1. The lowest BCUT2D eigenvalue weighted by Crippen LogP contribution is -2.23. The van der Waals surface area contributed by atoms with Crippen molar-refractivity contribution in [3.8, 4) is 5.69 Å². The molecule has 1 saturated heterocycles. The molecule has 0 saturated carbocycles. The molecule has 0 aliphatic carbocycles. The lowest BCUT2D eigenvalue weighted by atomic mass is 10.2. The van der Waals surface area contributed by atoms with Gasteiger partial charge < -0.3 is 10.2 Å². The zero-order valence-electron chi connectivity index (χ0n) is 17.1. The van der Waals surface area contributed by atoms with Crippen molar-refractivity contribution >= 4 is 29.0 Å². The van der Waals surface area contributed by atoms with Crippen LogP contribution in [0.3, 0.4) is 0 Å². The number of tetrazole rings is 1. The second-order valence-corrected chi connectivity index (χ2v) is 8.39. The van der Waals surface area contributed by atoms with Gasteiger partial charge >= 0.3 is 0 Å². The van der Waals surface area contributed by atoms with E-state index in [1.807, 2.05) is 43.3 Å². The molecule has 0 spiro atoms. The molecule has 2 heterocycles. The van der Waals surface area contributed by atoms with E-state index < -0.39 is 0 Å². The van der Waals surface area contributed by atoms with Crippen LogP contribution in [0.2, 0.25) is 0 Å². The molecule has 0 radical (unpaired) electrons. The Balaban J connectivity index is 1.34. The van der Waals surface area contributed by atoms with E-state index in [-0.39, 0.29) is 11.7 Å². The normalized spacial score (nSPS) is 14.4. The van der Waals surface area contributed by atoms with Crippen molar-refractivity contribution in [2.24, 2.45) is 0 Å². The van der Waals surface area contributed by atoms with Crippen LogP contribution in [-0.2, 0) is 4.79 Å². The quantitative estimate of drug-likeness (QED) is 0.603. The topological polar surface area (TPSA) is 75.9 Å². The molecule has 8 heteroatoms. The maximum Gasteiger partial charge on any atom is 0.234 e. The average molecular weight is 423 g/mol. The smallest absolute Gasteiger partial charge is 0.234 e. The van der Waals surface area contributed by atoms with Gasteiger partial charge in [0, 0.05) is 24.5 Å². The van der Waals surface area contributed by atoms with Crippen molar-refractivity contribution in [2.75, 3.05) is 29.1 Å². The van der Waals surface area contributed by atoms with E-state index in [9.17, 15) is 4.79 Å². The number of benzene rings is 2. The molecular formula is C22H26N6OS. The van der Waals surface area contributed by atoms with Crippen LogP contribution in [0.4, 0.5) is 11.4 Å². The molecule has 7 nitrogen and oxygen atoms in total. The van der Waals surface area contributed by atoms with Gasteiger partial charge in [0.05, 0.1) is 11.4 Å². The van der Waals surface area contributed by atoms with Crippen LogP contribution in [0.15, 0.2) is 53.7 Å². The van der Waals surface area contributed by atoms with Crippen molar-refractivity contribution < 1.29 is 4.79 Å². The van der Waals surface area contributed by atoms with E-state index in [0.29, 0.717) is 5.16 Å². The van der Waals surface area contributed by atoms with Crippen LogP contribution in [0.1, 0.15) is 31.2 Å². The number of thioether (sulfide) groups is 1. The van der Waals surface area contributed by atoms with Gasteiger partial charge in [0.15, 0.2) is 0 Å². The summed E-state index contributed by atoms with van der Waals surface area (Å²) in [4.78, 5) is 14.9. The van der Waals surface area contributed by atoms with Crippen LogP contribution in [0.25, 0.3) is 5.69 Å². The molecule has 2 aromatic carbocycles. The number of amides is 1. The minimum atomic E-state index is -0.0816. The maximum absolute atomic E-state index is 12.4. The van der Waals surface area contributed by atoms with Crippen molar-refractivity contribution in [2.45, 2.75) is 37.8 Å². The minimum absolute atomic E-state index is 0.0816. The standard InChI is InChI=1S/C22H26N6OS/c1-17-8-4-5-9-20(17)28-22(24-25-26-28)30-16-21(29)23-18-10-12-19(13-11-18)27-14-6-2-3-7-15-27/h4-5,8-13H,2-3,6-7,14-16H2,1H3,(H,23,29). The molecular weight excluding hydrogens is 396 g/mol.